The molecule has 1 aliphatic carbocycles. The third-order valence-electron chi connectivity index (χ3n) is 3.19. The Labute approximate surface area is 106 Å². The standard InChI is InChI=1S/C14H17FN2O/c15-12-8-11(6-7-13(12)16)14(18)17-9-10-4-2-1-3-5-10/h1-2,6-8,10H,3-5,9,16H2,(H,17,18). The van der Waals surface area contributed by atoms with Gasteiger partial charge in [0.1, 0.15) is 5.82 Å². The highest BCUT2D eigenvalue weighted by molar-refractivity contribution is 5.94. The number of hydrogen-bond acceptors (Lipinski definition) is 2. The number of carbonyl (C=O) groups excluding carboxylic acids is 1. The molecule has 1 aromatic carbocycles. The predicted molar refractivity (Wildman–Crippen MR) is 69.6 cm³/mol. The molecule has 18 heavy (non-hydrogen) atoms. The summed E-state index contributed by atoms with van der Waals surface area (Å²) < 4.78 is 13.2. The van der Waals surface area contributed by atoms with Gasteiger partial charge in [0.2, 0.25) is 0 Å². The van der Waals surface area contributed by atoms with Crippen LogP contribution in [0.3, 0.4) is 0 Å². The van der Waals surface area contributed by atoms with Gasteiger partial charge in [-0.25, -0.2) is 4.39 Å². The Morgan fingerprint density at radius 1 is 1.44 bits per heavy atom. The molecule has 0 aromatic heterocycles. The molecule has 0 bridgehead atoms. The quantitative estimate of drug-likeness (QED) is 0.638. The van der Waals surface area contributed by atoms with Crippen LogP contribution >= 0.6 is 0 Å². The van der Waals surface area contributed by atoms with E-state index in [2.05, 4.69) is 17.5 Å². The van der Waals surface area contributed by atoms with Gasteiger partial charge >= 0.3 is 0 Å². The molecule has 4 heteroatoms. The van der Waals surface area contributed by atoms with Crippen LogP contribution in [0.25, 0.3) is 0 Å². The molecule has 96 valence electrons. The van der Waals surface area contributed by atoms with Gasteiger partial charge in [0.05, 0.1) is 5.69 Å². The fourth-order valence-electron chi connectivity index (χ4n) is 2.05. The lowest BCUT2D eigenvalue weighted by molar-refractivity contribution is 0.0946. The molecule has 0 saturated heterocycles. The lowest BCUT2D eigenvalue weighted by atomic mass is 9.94. The minimum absolute atomic E-state index is 0.0592. The third-order valence-corrected chi connectivity index (χ3v) is 3.19. The van der Waals surface area contributed by atoms with E-state index in [1.165, 1.54) is 18.2 Å². The van der Waals surface area contributed by atoms with E-state index in [4.69, 9.17) is 5.73 Å². The van der Waals surface area contributed by atoms with Crippen molar-refractivity contribution in [2.75, 3.05) is 12.3 Å². The molecule has 1 aliphatic rings. The second-order valence-corrected chi connectivity index (χ2v) is 4.60. The van der Waals surface area contributed by atoms with Gasteiger partial charge in [0, 0.05) is 12.1 Å². The van der Waals surface area contributed by atoms with Crippen molar-refractivity contribution in [3.05, 3.63) is 41.7 Å². The number of benzene rings is 1. The zero-order valence-electron chi connectivity index (χ0n) is 10.2. The maximum absolute atomic E-state index is 13.2. The number of anilines is 1. The Bertz CT molecular complexity index is 471. The van der Waals surface area contributed by atoms with Crippen molar-refractivity contribution in [2.24, 2.45) is 5.92 Å². The molecule has 3 N–H and O–H groups in total. The summed E-state index contributed by atoms with van der Waals surface area (Å²) >= 11 is 0. The Morgan fingerprint density at radius 2 is 2.28 bits per heavy atom. The van der Waals surface area contributed by atoms with Crippen molar-refractivity contribution >= 4 is 11.6 Å². The SMILES string of the molecule is Nc1ccc(C(=O)NCC2CC=CCC2)cc1F. The summed E-state index contributed by atoms with van der Waals surface area (Å²) in [5.41, 5.74) is 5.74. The van der Waals surface area contributed by atoms with Crippen LogP contribution in [0.1, 0.15) is 29.6 Å². The van der Waals surface area contributed by atoms with E-state index in [-0.39, 0.29) is 11.6 Å². The topological polar surface area (TPSA) is 55.1 Å². The van der Waals surface area contributed by atoms with Crippen molar-refractivity contribution < 1.29 is 9.18 Å². The molecule has 3 nitrogen and oxygen atoms in total. The Balaban J connectivity index is 1.91. The monoisotopic (exact) mass is 248 g/mol. The second kappa shape index (κ2) is 5.67. The highest BCUT2D eigenvalue weighted by atomic mass is 19.1. The molecular weight excluding hydrogens is 231 g/mol. The van der Waals surface area contributed by atoms with Crippen LogP contribution < -0.4 is 11.1 Å². The lowest BCUT2D eigenvalue weighted by Crippen LogP contribution is -2.29. The van der Waals surface area contributed by atoms with Crippen LogP contribution in [-0.4, -0.2) is 12.5 Å². The molecule has 1 amide bonds. The van der Waals surface area contributed by atoms with Crippen LogP contribution in [0.2, 0.25) is 0 Å². The summed E-state index contributed by atoms with van der Waals surface area (Å²) in [6, 6.07) is 4.12. The van der Waals surface area contributed by atoms with E-state index in [0.717, 1.165) is 19.3 Å². The summed E-state index contributed by atoms with van der Waals surface area (Å²) in [7, 11) is 0. The van der Waals surface area contributed by atoms with Crippen molar-refractivity contribution in [1.82, 2.24) is 5.32 Å². The average molecular weight is 248 g/mol. The number of nitrogens with two attached hydrogens (primary N) is 1. The summed E-state index contributed by atoms with van der Waals surface area (Å²) in [6.45, 7) is 0.634. The Hall–Kier alpha value is -1.84. The van der Waals surface area contributed by atoms with Gasteiger partial charge in [0.15, 0.2) is 0 Å². The molecule has 0 spiro atoms. The normalized spacial score (nSPS) is 18.6. The van der Waals surface area contributed by atoms with E-state index >= 15 is 0 Å². The molecule has 1 aromatic rings. The van der Waals surface area contributed by atoms with Gasteiger partial charge in [-0.15, -0.1) is 0 Å². The number of amides is 1. The smallest absolute Gasteiger partial charge is 0.251 e. The van der Waals surface area contributed by atoms with Crippen LogP contribution in [0, 0.1) is 11.7 Å². The molecule has 2 rings (SSSR count). The van der Waals surface area contributed by atoms with Crippen molar-refractivity contribution in [3.63, 3.8) is 0 Å². The molecule has 0 radical (unpaired) electrons. The molecule has 0 fully saturated rings. The molecule has 1 atom stereocenters. The highest BCUT2D eigenvalue weighted by Crippen LogP contribution is 2.17. The van der Waals surface area contributed by atoms with Gasteiger partial charge < -0.3 is 11.1 Å². The van der Waals surface area contributed by atoms with Crippen LogP contribution in [0.15, 0.2) is 30.4 Å². The van der Waals surface area contributed by atoms with E-state index in [1.54, 1.807) is 0 Å². The van der Waals surface area contributed by atoms with Crippen LogP contribution in [-0.2, 0) is 0 Å². The maximum atomic E-state index is 13.2. The Kier molecular flexibility index (Phi) is 3.97. The molecule has 1 unspecified atom stereocenters. The first-order chi connectivity index (χ1) is 8.66. The number of nitrogens with one attached hydrogen (secondary N) is 1. The first-order valence-corrected chi connectivity index (χ1v) is 6.15. The number of allylic oxidation sites excluding steroid dienone is 2. The molecular formula is C14H17FN2O. The van der Waals surface area contributed by atoms with Gasteiger partial charge in [-0.1, -0.05) is 12.2 Å². The number of nitrogen functional groups attached to an aromatic ring is 1. The van der Waals surface area contributed by atoms with E-state index in [9.17, 15) is 9.18 Å². The third kappa shape index (κ3) is 3.09. The number of carbonyl (C=O) groups is 1. The second-order valence-electron chi connectivity index (χ2n) is 4.60. The fraction of sp³-hybridized carbons (Fsp3) is 0.357. The van der Waals surface area contributed by atoms with Gasteiger partial charge in [-0.2, -0.15) is 0 Å². The summed E-state index contributed by atoms with van der Waals surface area (Å²) in [5.74, 6) is -0.315. The van der Waals surface area contributed by atoms with E-state index in [1.807, 2.05) is 0 Å². The molecule has 0 saturated carbocycles. The highest BCUT2D eigenvalue weighted by Gasteiger charge is 2.13. The largest absolute Gasteiger partial charge is 0.396 e. The molecule has 0 aliphatic heterocycles. The predicted octanol–water partition coefficient (Wildman–Crippen LogP) is 2.49. The van der Waals surface area contributed by atoms with Crippen LogP contribution in [0.4, 0.5) is 10.1 Å². The number of rotatable bonds is 3. The summed E-state index contributed by atoms with van der Waals surface area (Å²) in [4.78, 5) is 11.8. The van der Waals surface area contributed by atoms with Crippen LogP contribution in [0.5, 0.6) is 0 Å². The minimum atomic E-state index is -0.553. The number of hydrogen-bond donors (Lipinski definition) is 2. The first-order valence-electron chi connectivity index (χ1n) is 6.15. The lowest BCUT2D eigenvalue weighted by Gasteiger charge is -2.18. The minimum Gasteiger partial charge on any atom is -0.396 e. The van der Waals surface area contributed by atoms with Gasteiger partial charge in [0.25, 0.3) is 5.91 Å². The van der Waals surface area contributed by atoms with Crippen molar-refractivity contribution in [2.45, 2.75) is 19.3 Å². The van der Waals surface area contributed by atoms with E-state index in [0.29, 0.717) is 18.0 Å². The number of halogens is 1. The molecule has 0 heterocycles. The summed E-state index contributed by atoms with van der Waals surface area (Å²) in [6.07, 6.45) is 7.46. The van der Waals surface area contributed by atoms with Crippen molar-refractivity contribution in [1.29, 1.82) is 0 Å². The average Bonchev–Trinajstić information content (AvgIpc) is 2.40. The van der Waals surface area contributed by atoms with Crippen molar-refractivity contribution in [3.8, 4) is 0 Å². The Morgan fingerprint density at radius 3 is 2.94 bits per heavy atom. The summed E-state index contributed by atoms with van der Waals surface area (Å²) in [5, 5.41) is 2.84. The first kappa shape index (κ1) is 12.6. The zero-order valence-corrected chi connectivity index (χ0v) is 10.2. The fourth-order valence-corrected chi connectivity index (χ4v) is 2.05. The van der Waals surface area contributed by atoms with Gasteiger partial charge in [-0.05, 0) is 43.4 Å². The zero-order chi connectivity index (χ0) is 13.0. The van der Waals surface area contributed by atoms with E-state index < -0.39 is 5.82 Å². The van der Waals surface area contributed by atoms with Gasteiger partial charge in [-0.3, -0.25) is 4.79 Å². The maximum Gasteiger partial charge on any atom is 0.251 e.